The Morgan fingerprint density at radius 3 is 2.08 bits per heavy atom. The molecule has 0 aliphatic carbocycles. The molecule has 2 amide bonds. The number of nitrogens with one attached hydrogen (secondary N) is 2. The Hall–Kier alpha value is -2.73. The molecule has 26 heavy (non-hydrogen) atoms. The summed E-state index contributed by atoms with van der Waals surface area (Å²) in [5, 5.41) is 6.04. The first-order valence-electron chi connectivity index (χ1n) is 8.11. The van der Waals surface area contributed by atoms with E-state index in [1.165, 1.54) is 0 Å². The molecule has 0 fully saturated rings. The lowest BCUT2D eigenvalue weighted by atomic mass is 10.1. The van der Waals surface area contributed by atoms with Gasteiger partial charge in [0.1, 0.15) is 11.5 Å². The summed E-state index contributed by atoms with van der Waals surface area (Å²) in [5.41, 5.74) is 0.892. The van der Waals surface area contributed by atoms with E-state index < -0.39 is 0 Å². The van der Waals surface area contributed by atoms with Gasteiger partial charge in [-0.2, -0.15) is 0 Å². The second-order valence-corrected chi connectivity index (χ2v) is 5.90. The van der Waals surface area contributed by atoms with E-state index in [-0.39, 0.29) is 24.8 Å². The maximum absolute atomic E-state index is 11.9. The zero-order valence-corrected chi connectivity index (χ0v) is 15.2. The molecule has 0 spiro atoms. The molecule has 0 aliphatic heterocycles. The summed E-state index contributed by atoms with van der Waals surface area (Å²) in [6.07, 6.45) is 0.275. The zero-order valence-electron chi connectivity index (χ0n) is 14.5. The highest BCUT2D eigenvalue weighted by molar-refractivity contribution is 6.30. The zero-order chi connectivity index (χ0) is 18.8. The highest BCUT2D eigenvalue weighted by Crippen LogP contribution is 2.15. The summed E-state index contributed by atoms with van der Waals surface area (Å²) in [6.45, 7) is 0.584. The van der Waals surface area contributed by atoms with Crippen LogP contribution < -0.4 is 20.1 Å². The predicted octanol–water partition coefficient (Wildman–Crippen LogP) is 2.20. The monoisotopic (exact) mass is 376 g/mol. The van der Waals surface area contributed by atoms with Gasteiger partial charge in [-0.3, -0.25) is 9.59 Å². The molecule has 0 heterocycles. The van der Waals surface area contributed by atoms with Crippen molar-refractivity contribution in [1.82, 2.24) is 10.6 Å². The van der Waals surface area contributed by atoms with Gasteiger partial charge in [-0.05, 0) is 42.0 Å². The van der Waals surface area contributed by atoms with Crippen LogP contribution in [0.15, 0.2) is 48.5 Å². The van der Waals surface area contributed by atoms with Crippen molar-refractivity contribution in [2.75, 3.05) is 26.8 Å². The molecule has 0 radical (unpaired) electrons. The number of rotatable bonds is 9. The van der Waals surface area contributed by atoms with Crippen molar-refractivity contribution in [3.8, 4) is 11.5 Å². The highest BCUT2D eigenvalue weighted by atomic mass is 35.5. The lowest BCUT2D eigenvalue weighted by Crippen LogP contribution is -2.37. The third-order valence-electron chi connectivity index (χ3n) is 3.48. The average Bonchev–Trinajstić information content (AvgIpc) is 2.65. The van der Waals surface area contributed by atoms with Crippen molar-refractivity contribution in [3.05, 3.63) is 59.1 Å². The summed E-state index contributed by atoms with van der Waals surface area (Å²) < 4.78 is 10.4. The Morgan fingerprint density at radius 1 is 0.885 bits per heavy atom. The maximum atomic E-state index is 11.9. The van der Waals surface area contributed by atoms with Crippen LogP contribution in [0.3, 0.4) is 0 Å². The molecule has 6 nitrogen and oxygen atoms in total. The molecule has 0 unspecified atom stereocenters. The van der Waals surface area contributed by atoms with Crippen LogP contribution in [0.25, 0.3) is 0 Å². The SMILES string of the molecule is COc1ccc(CC(=O)NCCNC(=O)COc2ccc(Cl)cc2)cc1. The van der Waals surface area contributed by atoms with Gasteiger partial charge in [-0.1, -0.05) is 23.7 Å². The van der Waals surface area contributed by atoms with Gasteiger partial charge >= 0.3 is 0 Å². The number of ether oxygens (including phenoxy) is 2. The number of amides is 2. The summed E-state index contributed by atoms with van der Waals surface area (Å²) in [6, 6.07) is 14.1. The smallest absolute Gasteiger partial charge is 0.258 e. The van der Waals surface area contributed by atoms with E-state index in [4.69, 9.17) is 21.1 Å². The second-order valence-electron chi connectivity index (χ2n) is 5.47. The van der Waals surface area contributed by atoms with Crippen LogP contribution in [0.5, 0.6) is 11.5 Å². The summed E-state index contributed by atoms with van der Waals surface area (Å²) in [4.78, 5) is 23.6. The molecule has 0 atom stereocenters. The maximum Gasteiger partial charge on any atom is 0.258 e. The molecule has 0 saturated heterocycles. The Labute approximate surface area is 157 Å². The fraction of sp³-hybridized carbons (Fsp3) is 0.263. The van der Waals surface area contributed by atoms with Crippen molar-refractivity contribution >= 4 is 23.4 Å². The standard InChI is InChI=1S/C19H21ClN2O4/c1-25-16-6-2-14(3-7-16)12-18(23)21-10-11-22-19(24)13-26-17-8-4-15(20)5-9-17/h2-9H,10-13H2,1H3,(H,21,23)(H,22,24). The first-order valence-corrected chi connectivity index (χ1v) is 8.49. The van der Waals surface area contributed by atoms with Gasteiger partial charge in [0.15, 0.2) is 6.61 Å². The number of methoxy groups -OCH3 is 1. The van der Waals surface area contributed by atoms with Gasteiger partial charge in [-0.15, -0.1) is 0 Å². The normalized spacial score (nSPS) is 10.1. The van der Waals surface area contributed by atoms with E-state index in [9.17, 15) is 9.59 Å². The van der Waals surface area contributed by atoms with Crippen LogP contribution in [0.1, 0.15) is 5.56 Å². The molecule has 2 N–H and O–H groups in total. The fourth-order valence-corrected chi connectivity index (χ4v) is 2.25. The third-order valence-corrected chi connectivity index (χ3v) is 3.73. The number of carbonyl (C=O) groups excluding carboxylic acids is 2. The first kappa shape index (κ1) is 19.6. The summed E-state index contributed by atoms with van der Waals surface area (Å²) >= 11 is 5.77. The largest absolute Gasteiger partial charge is 0.497 e. The Balaban J connectivity index is 1.59. The second kappa shape index (κ2) is 10.3. The van der Waals surface area contributed by atoms with Crippen LogP contribution in [-0.4, -0.2) is 38.6 Å². The Kier molecular flexibility index (Phi) is 7.76. The number of benzene rings is 2. The van der Waals surface area contributed by atoms with Crippen LogP contribution in [0, 0.1) is 0 Å². The van der Waals surface area contributed by atoms with Gasteiger partial charge in [0.2, 0.25) is 5.91 Å². The molecule has 2 rings (SSSR count). The molecule has 7 heteroatoms. The van der Waals surface area contributed by atoms with Crippen LogP contribution in [0.4, 0.5) is 0 Å². The minimum absolute atomic E-state index is 0.0958. The van der Waals surface area contributed by atoms with Gasteiger partial charge in [0, 0.05) is 18.1 Å². The highest BCUT2D eigenvalue weighted by Gasteiger charge is 2.05. The predicted molar refractivity (Wildman–Crippen MR) is 99.7 cm³/mol. The van der Waals surface area contributed by atoms with E-state index in [2.05, 4.69) is 10.6 Å². The molecule has 0 aromatic heterocycles. The fourth-order valence-electron chi connectivity index (χ4n) is 2.13. The van der Waals surface area contributed by atoms with Gasteiger partial charge < -0.3 is 20.1 Å². The van der Waals surface area contributed by atoms with E-state index in [1.54, 1.807) is 31.4 Å². The minimum atomic E-state index is -0.260. The molecule has 2 aromatic carbocycles. The number of halogens is 1. The molecular formula is C19H21ClN2O4. The van der Waals surface area contributed by atoms with Gasteiger partial charge in [-0.25, -0.2) is 0 Å². The topological polar surface area (TPSA) is 76.7 Å². The van der Waals surface area contributed by atoms with E-state index in [0.717, 1.165) is 11.3 Å². The summed E-state index contributed by atoms with van der Waals surface area (Å²) in [5.74, 6) is 0.946. The number of hydrogen-bond donors (Lipinski definition) is 2. The lowest BCUT2D eigenvalue weighted by molar-refractivity contribution is -0.124. The van der Waals surface area contributed by atoms with Crippen molar-refractivity contribution in [3.63, 3.8) is 0 Å². The van der Waals surface area contributed by atoms with E-state index in [0.29, 0.717) is 23.9 Å². The molecule has 2 aromatic rings. The van der Waals surface area contributed by atoms with E-state index in [1.807, 2.05) is 24.3 Å². The Bertz CT molecular complexity index is 717. The summed E-state index contributed by atoms with van der Waals surface area (Å²) in [7, 11) is 1.59. The molecule has 0 bridgehead atoms. The van der Waals surface area contributed by atoms with E-state index >= 15 is 0 Å². The molecule has 0 saturated carbocycles. The Morgan fingerprint density at radius 2 is 1.46 bits per heavy atom. The number of carbonyl (C=O) groups is 2. The lowest BCUT2D eigenvalue weighted by Gasteiger charge is -2.09. The van der Waals surface area contributed by atoms with Gasteiger partial charge in [0.05, 0.1) is 13.5 Å². The quantitative estimate of drug-likeness (QED) is 0.658. The van der Waals surface area contributed by atoms with Crippen molar-refractivity contribution in [2.45, 2.75) is 6.42 Å². The average molecular weight is 377 g/mol. The first-order chi connectivity index (χ1) is 12.6. The van der Waals surface area contributed by atoms with Crippen LogP contribution in [-0.2, 0) is 16.0 Å². The molecular weight excluding hydrogens is 356 g/mol. The number of hydrogen-bond acceptors (Lipinski definition) is 4. The minimum Gasteiger partial charge on any atom is -0.497 e. The third kappa shape index (κ3) is 7.03. The van der Waals surface area contributed by atoms with Crippen molar-refractivity contribution < 1.29 is 19.1 Å². The van der Waals surface area contributed by atoms with Crippen LogP contribution >= 0.6 is 11.6 Å². The molecule has 138 valence electrons. The van der Waals surface area contributed by atoms with Crippen molar-refractivity contribution in [1.29, 1.82) is 0 Å². The van der Waals surface area contributed by atoms with Crippen LogP contribution in [0.2, 0.25) is 5.02 Å². The van der Waals surface area contributed by atoms with Gasteiger partial charge in [0.25, 0.3) is 5.91 Å². The molecule has 0 aliphatic rings. The van der Waals surface area contributed by atoms with Crippen molar-refractivity contribution in [2.24, 2.45) is 0 Å².